The Morgan fingerprint density at radius 2 is 2.23 bits per heavy atom. The standard InChI is InChI=1S/C8H15INO3/c1-9-8(11)13-7-4-10-2-5-12-6-3-10/h2-7H2,1H3/q-1. The van der Waals surface area contributed by atoms with Crippen LogP contribution in [0.2, 0.25) is 0 Å². The second-order valence-electron chi connectivity index (χ2n) is 2.73. The van der Waals surface area contributed by atoms with Crippen molar-refractivity contribution in [3.63, 3.8) is 0 Å². The SMILES string of the molecule is C[I-]C(=O)OCCN1CCOCC1. The summed E-state index contributed by atoms with van der Waals surface area (Å²) in [6.45, 7) is 4.89. The maximum atomic E-state index is 10.8. The number of ether oxygens (including phenoxy) is 2. The summed E-state index contributed by atoms with van der Waals surface area (Å²) in [5, 5.41) is 0. The van der Waals surface area contributed by atoms with Gasteiger partial charge in [-0.1, -0.05) is 0 Å². The third kappa shape index (κ3) is 4.78. The van der Waals surface area contributed by atoms with Gasteiger partial charge in [0.25, 0.3) is 0 Å². The van der Waals surface area contributed by atoms with E-state index in [1.165, 1.54) is 0 Å². The van der Waals surface area contributed by atoms with E-state index in [0.717, 1.165) is 32.8 Å². The number of nitrogens with zero attached hydrogens (tertiary/aromatic N) is 1. The molecule has 1 heterocycles. The van der Waals surface area contributed by atoms with Gasteiger partial charge in [0, 0.05) is 0 Å². The van der Waals surface area contributed by atoms with E-state index in [2.05, 4.69) is 4.90 Å². The molecule has 1 fully saturated rings. The Bertz CT molecular complexity index is 159. The van der Waals surface area contributed by atoms with Crippen LogP contribution in [0.25, 0.3) is 0 Å². The van der Waals surface area contributed by atoms with Gasteiger partial charge in [-0.3, -0.25) is 0 Å². The monoisotopic (exact) mass is 300 g/mol. The Hall–Kier alpha value is 0.120. The van der Waals surface area contributed by atoms with Crippen molar-refractivity contribution in [2.45, 2.75) is 0 Å². The van der Waals surface area contributed by atoms with E-state index < -0.39 is 21.2 Å². The van der Waals surface area contributed by atoms with Crippen molar-refractivity contribution in [2.75, 3.05) is 44.4 Å². The van der Waals surface area contributed by atoms with Crippen molar-refractivity contribution in [1.29, 1.82) is 0 Å². The molecule has 0 aromatic rings. The molecule has 0 aliphatic carbocycles. The Morgan fingerprint density at radius 3 is 2.85 bits per heavy atom. The van der Waals surface area contributed by atoms with Crippen LogP contribution in [0, 0.1) is 0 Å². The second-order valence-corrected chi connectivity index (χ2v) is 4.69. The van der Waals surface area contributed by atoms with Gasteiger partial charge >= 0.3 is 88.7 Å². The molecule has 13 heavy (non-hydrogen) atoms. The molecule has 1 rings (SSSR count). The summed E-state index contributed by atoms with van der Waals surface area (Å²) in [7, 11) is 0. The van der Waals surface area contributed by atoms with Crippen LogP contribution in [0.5, 0.6) is 0 Å². The number of halogens is 1. The van der Waals surface area contributed by atoms with Gasteiger partial charge in [-0.05, 0) is 0 Å². The Morgan fingerprint density at radius 1 is 1.54 bits per heavy atom. The number of carbonyl (C=O) groups excluding carboxylic acids is 1. The average Bonchev–Trinajstić information content (AvgIpc) is 2.19. The third-order valence-electron chi connectivity index (χ3n) is 1.88. The quantitative estimate of drug-likeness (QED) is 0.319. The van der Waals surface area contributed by atoms with E-state index in [0.29, 0.717) is 6.61 Å². The number of morpholine rings is 1. The molecular weight excluding hydrogens is 285 g/mol. The van der Waals surface area contributed by atoms with E-state index in [1.54, 1.807) is 0 Å². The Balaban J connectivity index is 2.01. The first kappa shape index (κ1) is 11.2. The van der Waals surface area contributed by atoms with Crippen LogP contribution in [0.1, 0.15) is 0 Å². The zero-order valence-corrected chi connectivity index (χ0v) is 9.95. The molecule has 4 nitrogen and oxygen atoms in total. The molecule has 0 amide bonds. The predicted octanol–water partition coefficient (Wildman–Crippen LogP) is -2.83. The van der Waals surface area contributed by atoms with Gasteiger partial charge in [0.1, 0.15) is 0 Å². The number of hydrogen-bond acceptors (Lipinski definition) is 4. The van der Waals surface area contributed by atoms with Crippen LogP contribution in [-0.4, -0.2) is 53.3 Å². The van der Waals surface area contributed by atoms with Gasteiger partial charge in [-0.25, -0.2) is 0 Å². The van der Waals surface area contributed by atoms with Gasteiger partial charge < -0.3 is 0 Å². The fraction of sp³-hybridized carbons (Fsp3) is 0.875. The zero-order chi connectivity index (χ0) is 9.52. The minimum absolute atomic E-state index is 0.00735. The molecule has 0 radical (unpaired) electrons. The summed E-state index contributed by atoms with van der Waals surface area (Å²) in [6, 6.07) is 0. The maximum absolute atomic E-state index is 10.8. The Labute approximate surface area is 88.8 Å². The molecule has 1 aliphatic rings. The molecule has 0 aromatic heterocycles. The van der Waals surface area contributed by atoms with Gasteiger partial charge in [0.2, 0.25) is 0 Å². The molecule has 0 unspecified atom stereocenters. The summed E-state index contributed by atoms with van der Waals surface area (Å²) in [6.07, 6.45) is 0. The summed E-state index contributed by atoms with van der Waals surface area (Å²) in [5.74, 6) is 0. The zero-order valence-electron chi connectivity index (χ0n) is 7.79. The van der Waals surface area contributed by atoms with Crippen LogP contribution in [0.15, 0.2) is 0 Å². The van der Waals surface area contributed by atoms with Gasteiger partial charge in [-0.2, -0.15) is 0 Å². The summed E-state index contributed by atoms with van der Waals surface area (Å²) < 4.78 is 10.2. The van der Waals surface area contributed by atoms with Crippen molar-refractivity contribution < 1.29 is 35.5 Å². The first-order valence-electron chi connectivity index (χ1n) is 4.29. The van der Waals surface area contributed by atoms with Crippen LogP contribution < -0.4 is 21.2 Å². The van der Waals surface area contributed by atoms with Gasteiger partial charge in [0.05, 0.1) is 0 Å². The van der Waals surface area contributed by atoms with E-state index in [9.17, 15) is 4.79 Å². The number of rotatable bonds is 4. The average molecular weight is 300 g/mol. The first-order valence-corrected chi connectivity index (χ1v) is 7.53. The molecule has 0 aromatic carbocycles. The van der Waals surface area contributed by atoms with Crippen molar-refractivity contribution in [2.24, 2.45) is 0 Å². The topological polar surface area (TPSA) is 38.8 Å². The molecule has 0 spiro atoms. The molecule has 0 atom stereocenters. The van der Waals surface area contributed by atoms with Crippen molar-refractivity contribution in [3.05, 3.63) is 0 Å². The Kier molecular flexibility index (Phi) is 5.65. The molecular formula is C8H15INO3-. The van der Waals surface area contributed by atoms with Crippen LogP contribution in [-0.2, 0) is 9.47 Å². The third-order valence-corrected chi connectivity index (χ3v) is 3.07. The number of alkyl halides is 1. The fourth-order valence-corrected chi connectivity index (χ4v) is 1.67. The summed E-state index contributed by atoms with van der Waals surface area (Å²) in [5.41, 5.74) is 0. The van der Waals surface area contributed by atoms with Crippen molar-refractivity contribution >= 4 is 3.98 Å². The van der Waals surface area contributed by atoms with Gasteiger partial charge in [-0.15, -0.1) is 0 Å². The molecule has 0 saturated carbocycles. The molecule has 1 saturated heterocycles. The number of hydrogen-bond donors (Lipinski definition) is 0. The molecule has 0 bridgehead atoms. The minimum atomic E-state index is -0.391. The van der Waals surface area contributed by atoms with Crippen LogP contribution >= 0.6 is 0 Å². The predicted molar refractivity (Wildman–Crippen MR) is 44.5 cm³/mol. The van der Waals surface area contributed by atoms with E-state index in [-0.39, 0.29) is 3.98 Å². The van der Waals surface area contributed by atoms with E-state index in [1.807, 2.05) is 4.93 Å². The van der Waals surface area contributed by atoms with Crippen molar-refractivity contribution in [3.8, 4) is 0 Å². The second kappa shape index (κ2) is 6.56. The fourth-order valence-electron chi connectivity index (χ4n) is 1.13. The molecule has 5 heteroatoms. The van der Waals surface area contributed by atoms with Crippen LogP contribution in [0.4, 0.5) is 4.79 Å². The van der Waals surface area contributed by atoms with Gasteiger partial charge in [0.15, 0.2) is 0 Å². The number of carbonyl (C=O) groups is 1. The molecule has 1 aliphatic heterocycles. The van der Waals surface area contributed by atoms with Crippen LogP contribution in [0.3, 0.4) is 0 Å². The first-order chi connectivity index (χ1) is 6.33. The summed E-state index contributed by atoms with van der Waals surface area (Å²) in [4.78, 5) is 15.0. The van der Waals surface area contributed by atoms with Crippen molar-refractivity contribution in [1.82, 2.24) is 4.90 Å². The molecule has 78 valence electrons. The van der Waals surface area contributed by atoms with E-state index >= 15 is 0 Å². The normalized spacial score (nSPS) is 18.8. The summed E-state index contributed by atoms with van der Waals surface area (Å²) >= 11 is -0.391. The van der Waals surface area contributed by atoms with E-state index in [4.69, 9.17) is 9.47 Å². The molecule has 0 N–H and O–H groups in total.